The van der Waals surface area contributed by atoms with E-state index < -0.39 is 0 Å². The quantitative estimate of drug-likeness (QED) is 0.564. The number of hydrogen-bond acceptors (Lipinski definition) is 4. The maximum absolute atomic E-state index is 12.8. The van der Waals surface area contributed by atoms with Crippen LogP contribution in [-0.2, 0) is 12.8 Å². The molecule has 6 heteroatoms. The normalized spacial score (nSPS) is 16.3. The molecule has 0 fully saturated rings. The first-order valence-electron chi connectivity index (χ1n) is 8.65. The van der Waals surface area contributed by atoms with Gasteiger partial charge in [-0.05, 0) is 36.8 Å². The molecule has 1 aliphatic rings. The lowest BCUT2D eigenvalue weighted by Gasteiger charge is -2.20. The van der Waals surface area contributed by atoms with Crippen molar-refractivity contribution < 1.29 is 4.79 Å². The van der Waals surface area contributed by atoms with E-state index in [4.69, 9.17) is 11.6 Å². The van der Waals surface area contributed by atoms with E-state index in [1.165, 1.54) is 16.2 Å². The van der Waals surface area contributed by atoms with E-state index in [-0.39, 0.29) is 5.91 Å². The highest BCUT2D eigenvalue weighted by molar-refractivity contribution is 7.22. The molecule has 0 bridgehead atoms. The Morgan fingerprint density at radius 1 is 1.38 bits per heavy atom. The first kappa shape index (κ1) is 17.5. The zero-order valence-electron chi connectivity index (χ0n) is 14.3. The van der Waals surface area contributed by atoms with Crippen molar-refractivity contribution >= 4 is 55.3 Å². The second kappa shape index (κ2) is 7.03. The predicted octanol–water partition coefficient (Wildman–Crippen LogP) is 6.26. The van der Waals surface area contributed by atoms with Gasteiger partial charge in [0.1, 0.15) is 15.9 Å². The van der Waals surface area contributed by atoms with Gasteiger partial charge in [-0.1, -0.05) is 43.1 Å². The van der Waals surface area contributed by atoms with Crippen molar-refractivity contribution in [3.63, 3.8) is 0 Å². The zero-order chi connectivity index (χ0) is 18.3. The van der Waals surface area contributed by atoms with Gasteiger partial charge in [-0.15, -0.1) is 22.7 Å². The van der Waals surface area contributed by atoms with Crippen LogP contribution in [0.25, 0.3) is 10.1 Å². The Morgan fingerprint density at radius 2 is 2.19 bits per heavy atom. The van der Waals surface area contributed by atoms with Crippen LogP contribution < -0.4 is 5.32 Å². The van der Waals surface area contributed by atoms with Crippen molar-refractivity contribution in [2.24, 2.45) is 5.92 Å². The molecular weight excluding hydrogens is 384 g/mol. The van der Waals surface area contributed by atoms with Crippen molar-refractivity contribution in [2.75, 3.05) is 5.32 Å². The molecule has 1 aromatic carbocycles. The molecule has 0 radical (unpaired) electrons. The van der Waals surface area contributed by atoms with E-state index in [9.17, 15) is 10.1 Å². The van der Waals surface area contributed by atoms with Crippen LogP contribution in [-0.4, -0.2) is 5.91 Å². The summed E-state index contributed by atoms with van der Waals surface area (Å²) in [5, 5.41) is 14.6. The molecule has 0 saturated carbocycles. The molecule has 1 amide bonds. The number of thiophene rings is 2. The van der Waals surface area contributed by atoms with Gasteiger partial charge in [0.25, 0.3) is 5.91 Å². The summed E-state index contributed by atoms with van der Waals surface area (Å²) in [7, 11) is 0. The number of hydrogen-bond donors (Lipinski definition) is 1. The molecule has 0 spiro atoms. The van der Waals surface area contributed by atoms with E-state index in [0.717, 1.165) is 41.3 Å². The minimum absolute atomic E-state index is 0.238. The Labute approximate surface area is 165 Å². The largest absolute Gasteiger partial charge is 0.312 e. The lowest BCUT2D eigenvalue weighted by molar-refractivity contribution is 0.103. The van der Waals surface area contributed by atoms with Crippen LogP contribution in [0.15, 0.2) is 24.3 Å². The van der Waals surface area contributed by atoms with Gasteiger partial charge in [-0.25, -0.2) is 0 Å². The number of fused-ring (bicyclic) bond motifs is 2. The summed E-state index contributed by atoms with van der Waals surface area (Å²) in [6.07, 6.45) is 4.19. The number of carbonyl (C=O) groups excluding carboxylic acids is 1. The number of benzene rings is 1. The minimum atomic E-state index is -0.238. The first-order chi connectivity index (χ1) is 12.6. The van der Waals surface area contributed by atoms with E-state index in [1.54, 1.807) is 11.3 Å². The number of nitrogens with zero attached hydrogens (tertiary/aromatic N) is 1. The van der Waals surface area contributed by atoms with Gasteiger partial charge in [0, 0.05) is 15.0 Å². The molecule has 4 rings (SSSR count). The van der Waals surface area contributed by atoms with Crippen molar-refractivity contribution in [1.29, 1.82) is 5.26 Å². The van der Waals surface area contributed by atoms with Crippen LogP contribution in [0.5, 0.6) is 0 Å². The molecule has 3 aromatic rings. The zero-order valence-corrected chi connectivity index (χ0v) is 16.7. The molecule has 1 atom stereocenters. The maximum atomic E-state index is 12.8. The summed E-state index contributed by atoms with van der Waals surface area (Å²) >= 11 is 9.35. The van der Waals surface area contributed by atoms with Gasteiger partial charge in [0.2, 0.25) is 0 Å². The van der Waals surface area contributed by atoms with E-state index in [1.807, 2.05) is 24.3 Å². The van der Waals surface area contributed by atoms with Gasteiger partial charge in [-0.3, -0.25) is 4.79 Å². The minimum Gasteiger partial charge on any atom is -0.312 e. The second-order valence-corrected chi connectivity index (χ2v) is 9.07. The summed E-state index contributed by atoms with van der Waals surface area (Å²) in [6.45, 7) is 2.21. The van der Waals surface area contributed by atoms with Crippen molar-refractivity contribution in [1.82, 2.24) is 0 Å². The molecule has 2 aromatic heterocycles. The maximum Gasteiger partial charge on any atom is 0.267 e. The third-order valence-corrected chi connectivity index (χ3v) is 7.87. The third-order valence-electron chi connectivity index (χ3n) is 5.02. The Bertz CT molecular complexity index is 1040. The molecule has 0 aliphatic heterocycles. The topological polar surface area (TPSA) is 52.9 Å². The monoisotopic (exact) mass is 400 g/mol. The predicted molar refractivity (Wildman–Crippen MR) is 110 cm³/mol. The molecule has 1 unspecified atom stereocenters. The molecule has 2 heterocycles. The Balaban J connectivity index is 1.67. The number of amides is 1. The molecular formula is C20H17ClN2OS2. The standard InChI is InChI=1S/C20H17ClN2OS2/c1-2-11-7-8-12-14(10-22)20(26-16(12)9-11)23-19(24)18-17(21)13-5-3-4-6-15(13)25-18/h3-6,11H,2,7-9H2,1H3,(H,23,24). The van der Waals surface area contributed by atoms with Crippen molar-refractivity contribution in [3.8, 4) is 6.07 Å². The fourth-order valence-corrected chi connectivity index (χ4v) is 6.25. The molecule has 1 aliphatic carbocycles. The van der Waals surface area contributed by atoms with E-state index in [2.05, 4.69) is 18.3 Å². The van der Waals surface area contributed by atoms with E-state index in [0.29, 0.717) is 26.4 Å². The highest BCUT2D eigenvalue weighted by Crippen LogP contribution is 2.41. The van der Waals surface area contributed by atoms with Gasteiger partial charge < -0.3 is 5.32 Å². The van der Waals surface area contributed by atoms with Crippen LogP contribution in [0.4, 0.5) is 5.00 Å². The molecule has 1 N–H and O–H groups in total. The second-order valence-electron chi connectivity index (χ2n) is 6.53. The van der Waals surface area contributed by atoms with E-state index >= 15 is 0 Å². The smallest absolute Gasteiger partial charge is 0.267 e. The van der Waals surface area contributed by atoms with Crippen molar-refractivity contribution in [2.45, 2.75) is 32.6 Å². The van der Waals surface area contributed by atoms with Crippen molar-refractivity contribution in [3.05, 3.63) is 50.2 Å². The van der Waals surface area contributed by atoms with Crippen LogP contribution in [0.2, 0.25) is 5.02 Å². The average Bonchev–Trinajstić information content (AvgIpc) is 3.18. The summed E-state index contributed by atoms with van der Waals surface area (Å²) in [6, 6.07) is 10.0. The number of anilines is 1. The Hall–Kier alpha value is -1.87. The molecule has 0 saturated heterocycles. The SMILES string of the molecule is CCC1CCc2c(sc(NC(=O)c3sc4ccccc4c3Cl)c2C#N)C1. The number of carbonyl (C=O) groups is 1. The lowest BCUT2D eigenvalue weighted by atomic mass is 9.86. The fraction of sp³-hybridized carbons (Fsp3) is 0.300. The highest BCUT2D eigenvalue weighted by Gasteiger charge is 2.26. The Morgan fingerprint density at radius 3 is 2.92 bits per heavy atom. The van der Waals surface area contributed by atoms with Gasteiger partial charge >= 0.3 is 0 Å². The van der Waals surface area contributed by atoms with Crippen LogP contribution in [0.1, 0.15) is 45.4 Å². The molecule has 3 nitrogen and oxygen atoms in total. The number of nitriles is 1. The molecule has 132 valence electrons. The number of halogens is 1. The fourth-order valence-electron chi connectivity index (χ4n) is 3.53. The highest BCUT2D eigenvalue weighted by atomic mass is 35.5. The lowest BCUT2D eigenvalue weighted by Crippen LogP contribution is -2.12. The molecule has 26 heavy (non-hydrogen) atoms. The summed E-state index contributed by atoms with van der Waals surface area (Å²) in [5.41, 5.74) is 1.75. The van der Waals surface area contributed by atoms with Gasteiger partial charge in [0.05, 0.1) is 10.6 Å². The number of rotatable bonds is 3. The average molecular weight is 401 g/mol. The third kappa shape index (κ3) is 2.92. The Kier molecular flexibility index (Phi) is 4.74. The first-order valence-corrected chi connectivity index (χ1v) is 10.7. The van der Waals surface area contributed by atoms with Gasteiger partial charge in [0.15, 0.2) is 0 Å². The van der Waals surface area contributed by atoms with Crippen LogP contribution in [0, 0.1) is 17.2 Å². The van der Waals surface area contributed by atoms with Crippen LogP contribution >= 0.6 is 34.3 Å². The summed E-state index contributed by atoms with van der Waals surface area (Å²) in [4.78, 5) is 14.6. The van der Waals surface area contributed by atoms with Crippen LogP contribution in [0.3, 0.4) is 0 Å². The summed E-state index contributed by atoms with van der Waals surface area (Å²) in [5.74, 6) is 0.437. The van der Waals surface area contributed by atoms with Gasteiger partial charge in [-0.2, -0.15) is 5.26 Å². The number of nitrogens with one attached hydrogen (secondary N) is 1. The summed E-state index contributed by atoms with van der Waals surface area (Å²) < 4.78 is 0.986.